The number of H-pyrrole nitrogens is 1. The number of nitrogens with zero attached hydrogens (tertiary/aromatic N) is 1. The molecule has 0 spiro atoms. The second-order valence-corrected chi connectivity index (χ2v) is 1.44. The van der Waals surface area contributed by atoms with Crippen LogP contribution >= 0.6 is 0 Å². The van der Waals surface area contributed by atoms with E-state index in [1.807, 2.05) is 4.98 Å². The van der Waals surface area contributed by atoms with E-state index in [9.17, 15) is 13.2 Å². The Balaban J connectivity index is 0.000000810. The summed E-state index contributed by atoms with van der Waals surface area (Å²) in [5.74, 6) is -0.956. The maximum absolute atomic E-state index is 11.5. The smallest absolute Gasteiger partial charge is 0.341 e. The van der Waals surface area contributed by atoms with Crippen LogP contribution in [0.4, 0.5) is 13.2 Å². The summed E-state index contributed by atoms with van der Waals surface area (Å²) >= 11 is 0. The zero-order valence-corrected chi connectivity index (χ0v) is 5.24. The first-order chi connectivity index (χ1) is 4.11. The molecule has 0 saturated heterocycles. The number of hydrogen-bond donors (Lipinski definition) is 1. The number of rotatable bonds is 0. The summed E-state index contributed by atoms with van der Waals surface area (Å²) in [4.78, 5) is 4.95. The van der Waals surface area contributed by atoms with Gasteiger partial charge in [-0.1, -0.05) is 0 Å². The summed E-state index contributed by atoms with van der Waals surface area (Å²) in [6, 6.07) is 0. The van der Waals surface area contributed by atoms with Gasteiger partial charge in [0.15, 0.2) is 0 Å². The molecule has 0 saturated carbocycles. The van der Waals surface area contributed by atoms with E-state index >= 15 is 0 Å². The third kappa shape index (κ3) is 2.08. The van der Waals surface area contributed by atoms with Crippen LogP contribution in [0.1, 0.15) is 5.82 Å². The first-order valence-electron chi connectivity index (χ1n) is 2.17. The van der Waals surface area contributed by atoms with Crippen LogP contribution in [0, 0.1) is 0 Å². The monoisotopic (exact) mass is 143 g/mol. The Morgan fingerprint density at radius 1 is 1.40 bits per heavy atom. The number of hydrogen-bond acceptors (Lipinski definition) is 1. The first-order valence-corrected chi connectivity index (χ1v) is 2.17. The molecule has 1 radical (unpaired) electrons. The molecule has 0 fully saturated rings. The van der Waals surface area contributed by atoms with Crippen molar-refractivity contribution in [3.63, 3.8) is 0 Å². The van der Waals surface area contributed by atoms with Crippen molar-refractivity contribution in [3.05, 3.63) is 18.2 Å². The summed E-state index contributed by atoms with van der Waals surface area (Å²) in [6.07, 6.45) is -2.16. The Morgan fingerprint density at radius 3 is 2.20 bits per heavy atom. The largest absolute Gasteiger partial charge is 0.449 e. The predicted octanol–water partition coefficient (Wildman–Crippen LogP) is 1.05. The number of imidazole rings is 1. The molecule has 0 aromatic carbocycles. The molecule has 1 aromatic heterocycles. The summed E-state index contributed by atoms with van der Waals surface area (Å²) in [5, 5.41) is 0. The molecule has 6 heteroatoms. The topological polar surface area (TPSA) is 28.7 Å². The molecule has 0 amide bonds. The molecule has 0 aliphatic heterocycles. The van der Waals surface area contributed by atoms with E-state index in [1.165, 1.54) is 0 Å². The predicted molar refractivity (Wildman–Crippen MR) is 29.3 cm³/mol. The second-order valence-electron chi connectivity index (χ2n) is 1.44. The van der Waals surface area contributed by atoms with Crippen molar-refractivity contribution in [2.45, 2.75) is 6.18 Å². The van der Waals surface area contributed by atoms with Crippen LogP contribution in [-0.2, 0) is 6.18 Å². The third-order valence-corrected chi connectivity index (χ3v) is 0.767. The van der Waals surface area contributed by atoms with Gasteiger partial charge in [0.2, 0.25) is 5.82 Å². The molecule has 2 nitrogen and oxygen atoms in total. The van der Waals surface area contributed by atoms with Crippen molar-refractivity contribution < 1.29 is 13.2 Å². The first kappa shape index (κ1) is 9.60. The summed E-state index contributed by atoms with van der Waals surface area (Å²) in [6.45, 7) is 0. The van der Waals surface area contributed by atoms with E-state index in [4.69, 9.17) is 0 Å². The van der Waals surface area contributed by atoms with E-state index < -0.39 is 12.0 Å². The van der Waals surface area contributed by atoms with Gasteiger partial charge in [0, 0.05) is 31.3 Å². The molecule has 0 aliphatic carbocycles. The van der Waals surface area contributed by atoms with Crippen molar-refractivity contribution in [3.8, 4) is 0 Å². The van der Waals surface area contributed by atoms with E-state index in [0.29, 0.717) is 0 Å². The van der Waals surface area contributed by atoms with Crippen LogP contribution in [0.5, 0.6) is 0 Å². The van der Waals surface area contributed by atoms with Gasteiger partial charge >= 0.3 is 6.18 Å². The fourth-order valence-corrected chi connectivity index (χ4v) is 0.420. The SMILES string of the molecule is FC(F)(F)c1ncc[nH]1.[Li]. The van der Waals surface area contributed by atoms with E-state index in [1.54, 1.807) is 0 Å². The van der Waals surface area contributed by atoms with Crippen molar-refractivity contribution in [2.75, 3.05) is 0 Å². The number of halogens is 3. The van der Waals surface area contributed by atoms with Crippen molar-refractivity contribution in [1.82, 2.24) is 9.97 Å². The van der Waals surface area contributed by atoms with Crippen LogP contribution < -0.4 is 0 Å². The summed E-state index contributed by atoms with van der Waals surface area (Å²) < 4.78 is 34.6. The van der Waals surface area contributed by atoms with Crippen LogP contribution in [0.25, 0.3) is 0 Å². The molecule has 1 rings (SSSR count). The quantitative estimate of drug-likeness (QED) is 0.540. The van der Waals surface area contributed by atoms with Crippen LogP contribution in [0.2, 0.25) is 0 Å². The van der Waals surface area contributed by atoms with Crippen molar-refractivity contribution in [2.24, 2.45) is 0 Å². The van der Waals surface area contributed by atoms with Gasteiger partial charge in [-0.15, -0.1) is 0 Å². The average Bonchev–Trinajstić information content (AvgIpc) is 2.08. The van der Waals surface area contributed by atoms with Gasteiger partial charge in [0.1, 0.15) is 0 Å². The normalized spacial score (nSPS) is 10.7. The Morgan fingerprint density at radius 2 is 2.00 bits per heavy atom. The number of aromatic amines is 1. The van der Waals surface area contributed by atoms with Crippen LogP contribution in [0.15, 0.2) is 12.4 Å². The number of aromatic nitrogens is 2. The van der Waals surface area contributed by atoms with Gasteiger partial charge < -0.3 is 4.98 Å². The molecule has 0 unspecified atom stereocenters. The maximum atomic E-state index is 11.5. The van der Waals surface area contributed by atoms with Crippen LogP contribution in [0.3, 0.4) is 0 Å². The standard InChI is InChI=1S/C4H3F3N2.Li/c5-4(6,7)3-8-1-2-9-3;/h1-2H,(H,8,9);. The molecule has 0 aliphatic rings. The van der Waals surface area contributed by atoms with E-state index in [-0.39, 0.29) is 18.9 Å². The Bertz CT molecular complexity index is 181. The fourth-order valence-electron chi connectivity index (χ4n) is 0.420. The van der Waals surface area contributed by atoms with E-state index in [2.05, 4.69) is 4.98 Å². The van der Waals surface area contributed by atoms with Gasteiger partial charge in [0.05, 0.1) is 0 Å². The van der Waals surface area contributed by atoms with Gasteiger partial charge in [-0.25, -0.2) is 4.98 Å². The molecule has 51 valence electrons. The minimum absolute atomic E-state index is 0. The average molecular weight is 143 g/mol. The number of alkyl halides is 3. The van der Waals surface area contributed by atoms with Gasteiger partial charge in [-0.3, -0.25) is 0 Å². The molecule has 0 bridgehead atoms. The Kier molecular flexibility index (Phi) is 3.00. The van der Waals surface area contributed by atoms with Gasteiger partial charge in [-0.2, -0.15) is 13.2 Å². The molecule has 0 atom stereocenters. The molecule has 1 aromatic rings. The maximum Gasteiger partial charge on any atom is 0.449 e. The molecule has 1 heterocycles. The summed E-state index contributed by atoms with van der Waals surface area (Å²) in [7, 11) is 0. The van der Waals surface area contributed by atoms with Gasteiger partial charge in [-0.05, 0) is 0 Å². The zero-order valence-electron chi connectivity index (χ0n) is 5.24. The molecular weight excluding hydrogens is 140 g/mol. The molecule has 1 N–H and O–H groups in total. The Hall–Kier alpha value is -0.403. The minimum Gasteiger partial charge on any atom is -0.341 e. The van der Waals surface area contributed by atoms with E-state index in [0.717, 1.165) is 12.4 Å². The van der Waals surface area contributed by atoms with Gasteiger partial charge in [0.25, 0.3) is 0 Å². The van der Waals surface area contributed by atoms with Crippen LogP contribution in [-0.4, -0.2) is 28.8 Å². The second kappa shape index (κ2) is 3.13. The summed E-state index contributed by atoms with van der Waals surface area (Å²) in [5.41, 5.74) is 0. The minimum atomic E-state index is -4.34. The van der Waals surface area contributed by atoms with Crippen molar-refractivity contribution in [1.29, 1.82) is 0 Å². The molecular formula is C4H3F3LiN2. The molecule has 10 heavy (non-hydrogen) atoms. The fraction of sp³-hybridized carbons (Fsp3) is 0.250. The Labute approximate surface area is 67.0 Å². The third-order valence-electron chi connectivity index (χ3n) is 0.767. The zero-order chi connectivity index (χ0) is 6.91. The van der Waals surface area contributed by atoms with Crippen molar-refractivity contribution >= 4 is 18.9 Å². The number of nitrogens with one attached hydrogen (secondary N) is 1.